The smallest absolute Gasteiger partial charge is 0.102 e. The van der Waals surface area contributed by atoms with Crippen LogP contribution in [0.3, 0.4) is 0 Å². The largest absolute Gasteiger partial charge is 0.363 e. The predicted molar refractivity (Wildman–Crippen MR) is 33.4 cm³/mol. The Bertz CT molecular complexity index is 40.7. The summed E-state index contributed by atoms with van der Waals surface area (Å²) in [7, 11) is 0. The molecule has 0 aliphatic rings. The number of rotatable bonds is 3. The molecule has 3 heteroatoms. The van der Waals surface area contributed by atoms with Crippen molar-refractivity contribution in [1.29, 1.82) is 0 Å². The number of ether oxygens (including phenoxy) is 1. The minimum atomic E-state index is -0.127. The van der Waals surface area contributed by atoms with E-state index in [0.29, 0.717) is 6.61 Å². The first-order valence-electron chi connectivity index (χ1n) is 2.20. The third-order valence-corrected chi connectivity index (χ3v) is 0.782. The Hall–Kier alpha value is 0.400. The molecule has 2 nitrogen and oxygen atoms in total. The molecule has 0 saturated carbocycles. The van der Waals surface area contributed by atoms with Gasteiger partial charge in [0.05, 0.1) is 6.61 Å². The molecule has 7 heavy (non-hydrogen) atoms. The molecule has 0 radical (unpaired) electrons. The SMILES string of the molecule is CC(N)OCCBr. The average molecular weight is 168 g/mol. The van der Waals surface area contributed by atoms with Gasteiger partial charge >= 0.3 is 0 Å². The lowest BCUT2D eigenvalue weighted by Gasteiger charge is -2.02. The molecule has 0 rings (SSSR count). The Kier molecular flexibility index (Phi) is 4.82. The average Bonchev–Trinajstić information content (AvgIpc) is 1.61. The molecule has 0 saturated heterocycles. The molecular formula is C4H10BrNO. The Morgan fingerprint density at radius 1 is 1.86 bits per heavy atom. The molecule has 1 unspecified atom stereocenters. The zero-order valence-electron chi connectivity index (χ0n) is 4.36. The van der Waals surface area contributed by atoms with Gasteiger partial charge in [-0.15, -0.1) is 0 Å². The van der Waals surface area contributed by atoms with Crippen molar-refractivity contribution in [1.82, 2.24) is 0 Å². The second-order valence-electron chi connectivity index (χ2n) is 1.26. The van der Waals surface area contributed by atoms with Crippen LogP contribution in [-0.2, 0) is 4.74 Å². The first-order chi connectivity index (χ1) is 3.27. The molecule has 0 aliphatic heterocycles. The number of hydrogen-bond donors (Lipinski definition) is 1. The zero-order chi connectivity index (χ0) is 5.70. The molecule has 0 amide bonds. The van der Waals surface area contributed by atoms with Gasteiger partial charge in [-0.3, -0.25) is 0 Å². The van der Waals surface area contributed by atoms with Gasteiger partial charge in [0, 0.05) is 5.33 Å². The van der Waals surface area contributed by atoms with Gasteiger partial charge in [-0.05, 0) is 6.92 Å². The minimum Gasteiger partial charge on any atom is -0.363 e. The summed E-state index contributed by atoms with van der Waals surface area (Å²) in [6.45, 7) is 2.50. The highest BCUT2D eigenvalue weighted by Crippen LogP contribution is 1.83. The minimum absolute atomic E-state index is 0.127. The summed E-state index contributed by atoms with van der Waals surface area (Å²) in [6.07, 6.45) is -0.127. The lowest BCUT2D eigenvalue weighted by Crippen LogP contribution is -2.19. The van der Waals surface area contributed by atoms with E-state index in [-0.39, 0.29) is 6.23 Å². The van der Waals surface area contributed by atoms with Crippen LogP contribution in [-0.4, -0.2) is 18.2 Å². The van der Waals surface area contributed by atoms with Crippen LogP contribution in [0.25, 0.3) is 0 Å². The highest BCUT2D eigenvalue weighted by atomic mass is 79.9. The zero-order valence-corrected chi connectivity index (χ0v) is 5.94. The fraction of sp³-hybridized carbons (Fsp3) is 1.00. The fourth-order valence-corrected chi connectivity index (χ4v) is 0.417. The van der Waals surface area contributed by atoms with Crippen molar-refractivity contribution < 1.29 is 4.74 Å². The summed E-state index contributed by atoms with van der Waals surface area (Å²) in [4.78, 5) is 0. The normalized spacial score (nSPS) is 14.1. The van der Waals surface area contributed by atoms with Crippen molar-refractivity contribution in [3.63, 3.8) is 0 Å². The van der Waals surface area contributed by atoms with E-state index in [1.165, 1.54) is 0 Å². The van der Waals surface area contributed by atoms with Crippen LogP contribution in [0.4, 0.5) is 0 Å². The van der Waals surface area contributed by atoms with Crippen LogP contribution in [0.15, 0.2) is 0 Å². The van der Waals surface area contributed by atoms with Gasteiger partial charge in [0.25, 0.3) is 0 Å². The highest BCUT2D eigenvalue weighted by Gasteiger charge is 1.87. The summed E-state index contributed by atoms with van der Waals surface area (Å²) >= 11 is 3.20. The van der Waals surface area contributed by atoms with Gasteiger partial charge in [0.2, 0.25) is 0 Å². The van der Waals surface area contributed by atoms with E-state index in [0.717, 1.165) is 5.33 Å². The Balaban J connectivity index is 2.68. The Morgan fingerprint density at radius 3 is 2.57 bits per heavy atom. The van der Waals surface area contributed by atoms with E-state index in [1.54, 1.807) is 0 Å². The van der Waals surface area contributed by atoms with Gasteiger partial charge in [-0.25, -0.2) is 0 Å². The summed E-state index contributed by atoms with van der Waals surface area (Å²) in [6, 6.07) is 0. The quantitative estimate of drug-likeness (QED) is 0.497. The standard InChI is InChI=1S/C4H10BrNO/c1-4(6)7-3-2-5/h4H,2-3,6H2,1H3. The number of nitrogens with two attached hydrogens (primary N) is 1. The Labute approximate surface area is 52.2 Å². The molecule has 0 aromatic carbocycles. The van der Waals surface area contributed by atoms with E-state index in [9.17, 15) is 0 Å². The van der Waals surface area contributed by atoms with Crippen LogP contribution < -0.4 is 5.73 Å². The Morgan fingerprint density at radius 2 is 2.43 bits per heavy atom. The molecule has 44 valence electrons. The summed E-state index contributed by atoms with van der Waals surface area (Å²) in [5.41, 5.74) is 5.24. The van der Waals surface area contributed by atoms with Crippen LogP contribution in [0.5, 0.6) is 0 Å². The van der Waals surface area contributed by atoms with E-state index >= 15 is 0 Å². The van der Waals surface area contributed by atoms with Crippen molar-refractivity contribution in [3.05, 3.63) is 0 Å². The number of hydrogen-bond acceptors (Lipinski definition) is 2. The monoisotopic (exact) mass is 167 g/mol. The highest BCUT2D eigenvalue weighted by molar-refractivity contribution is 9.09. The predicted octanol–water partition coefficient (Wildman–Crippen LogP) is 0.703. The van der Waals surface area contributed by atoms with Gasteiger partial charge < -0.3 is 10.5 Å². The maximum absolute atomic E-state index is 5.24. The van der Waals surface area contributed by atoms with Crippen molar-refractivity contribution in [2.75, 3.05) is 11.9 Å². The third kappa shape index (κ3) is 6.40. The van der Waals surface area contributed by atoms with E-state index in [2.05, 4.69) is 15.9 Å². The molecule has 0 bridgehead atoms. The maximum atomic E-state index is 5.24. The van der Waals surface area contributed by atoms with Gasteiger partial charge in [0.1, 0.15) is 6.23 Å². The summed E-state index contributed by atoms with van der Waals surface area (Å²) in [5, 5.41) is 0.856. The molecule has 0 heterocycles. The van der Waals surface area contributed by atoms with Crippen molar-refractivity contribution in [2.24, 2.45) is 5.73 Å². The van der Waals surface area contributed by atoms with E-state index in [4.69, 9.17) is 10.5 Å². The molecule has 1 atom stereocenters. The molecule has 0 aliphatic carbocycles. The van der Waals surface area contributed by atoms with E-state index in [1.807, 2.05) is 6.92 Å². The van der Waals surface area contributed by atoms with Crippen molar-refractivity contribution in [2.45, 2.75) is 13.2 Å². The summed E-state index contributed by atoms with van der Waals surface area (Å²) < 4.78 is 4.92. The van der Waals surface area contributed by atoms with Crippen LogP contribution >= 0.6 is 15.9 Å². The van der Waals surface area contributed by atoms with E-state index < -0.39 is 0 Å². The molecular weight excluding hydrogens is 158 g/mol. The van der Waals surface area contributed by atoms with Gasteiger partial charge in [0.15, 0.2) is 0 Å². The first-order valence-corrected chi connectivity index (χ1v) is 3.32. The molecule has 0 spiro atoms. The van der Waals surface area contributed by atoms with Crippen LogP contribution in [0.2, 0.25) is 0 Å². The fourth-order valence-electron chi connectivity index (χ4n) is 0.230. The maximum Gasteiger partial charge on any atom is 0.102 e. The second kappa shape index (κ2) is 4.56. The molecule has 2 N–H and O–H groups in total. The van der Waals surface area contributed by atoms with Crippen LogP contribution in [0, 0.1) is 0 Å². The van der Waals surface area contributed by atoms with Gasteiger partial charge in [-0.2, -0.15) is 0 Å². The lowest BCUT2D eigenvalue weighted by molar-refractivity contribution is 0.0839. The van der Waals surface area contributed by atoms with Crippen molar-refractivity contribution in [3.8, 4) is 0 Å². The van der Waals surface area contributed by atoms with Crippen molar-refractivity contribution >= 4 is 15.9 Å². The lowest BCUT2D eigenvalue weighted by atomic mass is 10.7. The molecule has 0 fully saturated rings. The number of halogens is 1. The second-order valence-corrected chi connectivity index (χ2v) is 2.06. The topological polar surface area (TPSA) is 35.2 Å². The molecule has 0 aromatic heterocycles. The number of alkyl halides is 1. The first kappa shape index (κ1) is 7.40. The molecule has 0 aromatic rings. The summed E-state index contributed by atoms with van der Waals surface area (Å²) in [5.74, 6) is 0. The third-order valence-electron chi connectivity index (χ3n) is 0.458. The van der Waals surface area contributed by atoms with Crippen LogP contribution in [0.1, 0.15) is 6.92 Å². The van der Waals surface area contributed by atoms with Gasteiger partial charge in [-0.1, -0.05) is 15.9 Å².